The van der Waals surface area contributed by atoms with Gasteiger partial charge in [-0.15, -0.1) is 0 Å². The number of H-pyrrole nitrogens is 1. The van der Waals surface area contributed by atoms with Crippen molar-refractivity contribution in [2.24, 2.45) is 0 Å². The highest BCUT2D eigenvalue weighted by Crippen LogP contribution is 2.18. The highest BCUT2D eigenvalue weighted by atomic mass is 35.5. The summed E-state index contributed by atoms with van der Waals surface area (Å²) in [6, 6.07) is 6.42. The lowest BCUT2D eigenvalue weighted by molar-refractivity contribution is 0.0531. The minimum atomic E-state index is -0.581. The largest absolute Gasteiger partial charge is 0.335 e. The quantitative estimate of drug-likeness (QED) is 0.866. The van der Waals surface area contributed by atoms with Crippen LogP contribution in [-0.4, -0.2) is 58.0 Å². The van der Waals surface area contributed by atoms with E-state index in [-0.39, 0.29) is 28.1 Å². The number of rotatable bonds is 2. The van der Waals surface area contributed by atoms with Gasteiger partial charge in [-0.2, -0.15) is 5.10 Å². The van der Waals surface area contributed by atoms with Crippen LogP contribution in [0.5, 0.6) is 0 Å². The molecule has 1 aliphatic rings. The number of nitrogens with one attached hydrogen (secondary N) is 1. The van der Waals surface area contributed by atoms with Gasteiger partial charge in [0.15, 0.2) is 0 Å². The fourth-order valence-electron chi connectivity index (χ4n) is 2.55. The molecular formula is C16H14ClFN4O3. The number of amides is 2. The van der Waals surface area contributed by atoms with E-state index in [2.05, 4.69) is 10.2 Å². The summed E-state index contributed by atoms with van der Waals surface area (Å²) in [5.41, 5.74) is 0.0584. The molecule has 0 saturated carbocycles. The van der Waals surface area contributed by atoms with Crippen LogP contribution in [0.25, 0.3) is 0 Å². The molecule has 1 aliphatic heterocycles. The number of aromatic amines is 1. The normalized spacial score (nSPS) is 14.5. The highest BCUT2D eigenvalue weighted by molar-refractivity contribution is 6.31. The molecule has 7 nitrogen and oxygen atoms in total. The summed E-state index contributed by atoms with van der Waals surface area (Å²) in [5, 5.41) is 5.82. The zero-order valence-electron chi connectivity index (χ0n) is 13.0. The Morgan fingerprint density at radius 2 is 1.68 bits per heavy atom. The van der Waals surface area contributed by atoms with Gasteiger partial charge in [0.05, 0.1) is 5.02 Å². The van der Waals surface area contributed by atoms with Crippen molar-refractivity contribution in [2.75, 3.05) is 26.2 Å². The summed E-state index contributed by atoms with van der Waals surface area (Å²) >= 11 is 5.71. The van der Waals surface area contributed by atoms with Crippen molar-refractivity contribution in [1.82, 2.24) is 20.0 Å². The van der Waals surface area contributed by atoms with Gasteiger partial charge in [0.1, 0.15) is 11.5 Å². The number of carbonyl (C=O) groups is 2. The summed E-state index contributed by atoms with van der Waals surface area (Å²) in [5.74, 6) is -1.16. The predicted octanol–water partition coefficient (Wildman–Crippen LogP) is 1.16. The van der Waals surface area contributed by atoms with E-state index in [1.54, 1.807) is 9.80 Å². The molecule has 1 aromatic heterocycles. The van der Waals surface area contributed by atoms with Gasteiger partial charge in [-0.1, -0.05) is 11.6 Å². The predicted molar refractivity (Wildman–Crippen MR) is 88.1 cm³/mol. The van der Waals surface area contributed by atoms with Crippen LogP contribution in [0, 0.1) is 5.82 Å². The van der Waals surface area contributed by atoms with Crippen LogP contribution in [0.4, 0.5) is 4.39 Å². The Bertz CT molecular complexity index is 857. The molecule has 0 unspecified atom stereocenters. The zero-order chi connectivity index (χ0) is 18.0. The maximum atomic E-state index is 13.2. The van der Waals surface area contributed by atoms with Crippen LogP contribution >= 0.6 is 11.6 Å². The zero-order valence-corrected chi connectivity index (χ0v) is 13.8. The van der Waals surface area contributed by atoms with Crippen LogP contribution in [-0.2, 0) is 0 Å². The number of halogens is 2. The average molecular weight is 365 g/mol. The maximum Gasteiger partial charge on any atom is 0.274 e. The second-order valence-corrected chi connectivity index (χ2v) is 5.93. The van der Waals surface area contributed by atoms with Crippen molar-refractivity contribution in [3.8, 4) is 0 Å². The molecule has 0 bridgehead atoms. The first-order valence-electron chi connectivity index (χ1n) is 7.55. The molecule has 0 aliphatic carbocycles. The van der Waals surface area contributed by atoms with Crippen molar-refractivity contribution >= 4 is 23.4 Å². The molecule has 1 N–H and O–H groups in total. The van der Waals surface area contributed by atoms with Gasteiger partial charge in [-0.05, 0) is 24.3 Å². The molecule has 0 radical (unpaired) electrons. The number of hydrogen-bond donors (Lipinski definition) is 1. The molecule has 130 valence electrons. The van der Waals surface area contributed by atoms with E-state index in [0.29, 0.717) is 31.7 Å². The molecule has 2 amide bonds. The molecule has 1 saturated heterocycles. The van der Waals surface area contributed by atoms with E-state index in [0.717, 1.165) is 6.07 Å². The Balaban J connectivity index is 1.64. The van der Waals surface area contributed by atoms with E-state index in [1.165, 1.54) is 24.3 Å². The van der Waals surface area contributed by atoms with Gasteiger partial charge >= 0.3 is 0 Å². The number of piperazine rings is 1. The van der Waals surface area contributed by atoms with Crippen molar-refractivity contribution in [2.45, 2.75) is 0 Å². The first-order valence-corrected chi connectivity index (χ1v) is 7.93. The van der Waals surface area contributed by atoms with Crippen molar-refractivity contribution in [3.63, 3.8) is 0 Å². The van der Waals surface area contributed by atoms with E-state index in [1.807, 2.05) is 0 Å². The molecule has 0 atom stereocenters. The third-order valence-corrected chi connectivity index (χ3v) is 4.21. The number of benzene rings is 1. The summed E-state index contributed by atoms with van der Waals surface area (Å²) in [6.45, 7) is 1.34. The smallest absolute Gasteiger partial charge is 0.274 e. The Morgan fingerprint density at radius 1 is 1.04 bits per heavy atom. The number of carbonyl (C=O) groups excluding carboxylic acids is 2. The van der Waals surface area contributed by atoms with Gasteiger partial charge in [0.2, 0.25) is 0 Å². The van der Waals surface area contributed by atoms with Gasteiger partial charge in [-0.3, -0.25) is 14.4 Å². The lowest BCUT2D eigenvalue weighted by Gasteiger charge is -2.34. The lowest BCUT2D eigenvalue weighted by atomic mass is 10.1. The van der Waals surface area contributed by atoms with Crippen LogP contribution in [0.15, 0.2) is 35.1 Å². The van der Waals surface area contributed by atoms with Crippen molar-refractivity contribution in [1.29, 1.82) is 0 Å². The van der Waals surface area contributed by atoms with E-state index < -0.39 is 5.82 Å². The fraction of sp³-hybridized carbons (Fsp3) is 0.250. The van der Waals surface area contributed by atoms with E-state index in [4.69, 9.17) is 11.6 Å². The summed E-state index contributed by atoms with van der Waals surface area (Å²) in [7, 11) is 0. The summed E-state index contributed by atoms with van der Waals surface area (Å²) < 4.78 is 13.2. The van der Waals surface area contributed by atoms with Crippen LogP contribution in [0.1, 0.15) is 20.8 Å². The van der Waals surface area contributed by atoms with Gasteiger partial charge in [0, 0.05) is 37.8 Å². The lowest BCUT2D eigenvalue weighted by Crippen LogP contribution is -2.50. The molecule has 9 heteroatoms. The van der Waals surface area contributed by atoms with Crippen LogP contribution in [0.3, 0.4) is 0 Å². The number of aromatic nitrogens is 2. The van der Waals surface area contributed by atoms with Crippen LogP contribution < -0.4 is 5.56 Å². The van der Waals surface area contributed by atoms with E-state index >= 15 is 0 Å². The van der Waals surface area contributed by atoms with E-state index in [9.17, 15) is 18.8 Å². The molecule has 2 aromatic rings. The Morgan fingerprint density at radius 3 is 2.24 bits per heavy atom. The minimum absolute atomic E-state index is 0.108. The van der Waals surface area contributed by atoms with Crippen LogP contribution in [0.2, 0.25) is 5.02 Å². The standard InChI is InChI=1S/C16H14ClFN4O3/c17-11-9-10(1-2-12(11)18)15(24)21-5-7-22(8-6-21)16(25)13-3-4-14(23)20-19-13/h1-4,9H,5-8H2,(H,20,23). The molecule has 3 rings (SSSR count). The SMILES string of the molecule is O=C(c1ccc(F)c(Cl)c1)N1CCN(C(=O)c2ccc(=O)[nH]n2)CC1. The first-order chi connectivity index (χ1) is 12.0. The topological polar surface area (TPSA) is 86.4 Å². The molecule has 2 heterocycles. The minimum Gasteiger partial charge on any atom is -0.335 e. The molecule has 1 aromatic carbocycles. The third-order valence-electron chi connectivity index (χ3n) is 3.92. The van der Waals surface area contributed by atoms with Gasteiger partial charge < -0.3 is 9.80 Å². The second kappa shape index (κ2) is 7.02. The molecular weight excluding hydrogens is 351 g/mol. The maximum absolute atomic E-state index is 13.2. The second-order valence-electron chi connectivity index (χ2n) is 5.52. The van der Waals surface area contributed by atoms with Gasteiger partial charge in [-0.25, -0.2) is 9.49 Å². The fourth-order valence-corrected chi connectivity index (χ4v) is 2.73. The Labute approximate surface area is 147 Å². The summed E-state index contributed by atoms with van der Waals surface area (Å²) in [6.07, 6.45) is 0. The number of nitrogens with zero attached hydrogens (tertiary/aromatic N) is 3. The number of hydrogen-bond acceptors (Lipinski definition) is 4. The monoisotopic (exact) mass is 364 g/mol. The Kier molecular flexibility index (Phi) is 4.80. The third kappa shape index (κ3) is 3.69. The highest BCUT2D eigenvalue weighted by Gasteiger charge is 2.26. The molecule has 0 spiro atoms. The molecule has 1 fully saturated rings. The van der Waals surface area contributed by atoms with Crippen molar-refractivity contribution < 1.29 is 14.0 Å². The first kappa shape index (κ1) is 17.1. The van der Waals surface area contributed by atoms with Gasteiger partial charge in [0.25, 0.3) is 17.4 Å². The summed E-state index contributed by atoms with van der Waals surface area (Å²) in [4.78, 5) is 38.9. The van der Waals surface area contributed by atoms with Crippen molar-refractivity contribution in [3.05, 3.63) is 62.8 Å². The average Bonchev–Trinajstić information content (AvgIpc) is 2.63. The molecule has 25 heavy (non-hydrogen) atoms. The Hall–Kier alpha value is -2.74.